The molecule has 1 heterocycles. The van der Waals surface area contributed by atoms with Crippen molar-refractivity contribution in [3.8, 4) is 0 Å². The Morgan fingerprint density at radius 3 is 2.44 bits per heavy atom. The highest BCUT2D eigenvalue weighted by molar-refractivity contribution is 4.81. The van der Waals surface area contributed by atoms with E-state index in [0.29, 0.717) is 12.0 Å². The molecule has 2 aliphatic rings. The van der Waals surface area contributed by atoms with Crippen LogP contribution in [0.5, 0.6) is 0 Å². The lowest BCUT2D eigenvalue weighted by Gasteiger charge is -2.33. The van der Waals surface area contributed by atoms with Crippen molar-refractivity contribution in [2.75, 3.05) is 26.2 Å². The number of piperidine rings is 1. The molecule has 2 rings (SSSR count). The first-order valence-corrected chi connectivity index (χ1v) is 7.77. The van der Waals surface area contributed by atoms with Gasteiger partial charge in [-0.05, 0) is 63.6 Å². The van der Waals surface area contributed by atoms with Crippen LogP contribution in [-0.2, 0) is 0 Å². The van der Waals surface area contributed by atoms with Crippen LogP contribution in [0.25, 0.3) is 0 Å². The van der Waals surface area contributed by atoms with Gasteiger partial charge in [-0.1, -0.05) is 13.8 Å². The number of rotatable bonds is 5. The molecule has 0 aromatic carbocycles. The first-order chi connectivity index (χ1) is 8.63. The smallest absolute Gasteiger partial charge is 0.0543 e. The molecule has 0 amide bonds. The molecule has 2 N–H and O–H groups in total. The SMILES string of the molecule is CC(C)CN1CCC(NCC2CCC(O)C2)CC1. The van der Waals surface area contributed by atoms with Crippen LogP contribution in [0.4, 0.5) is 0 Å². The molecular formula is C15H30N2O. The zero-order valence-electron chi connectivity index (χ0n) is 12.1. The molecule has 0 aromatic heterocycles. The van der Waals surface area contributed by atoms with Crippen molar-refractivity contribution >= 4 is 0 Å². The van der Waals surface area contributed by atoms with Crippen molar-refractivity contribution in [1.82, 2.24) is 10.2 Å². The number of hydrogen-bond donors (Lipinski definition) is 2. The number of aliphatic hydroxyl groups is 1. The quantitative estimate of drug-likeness (QED) is 0.786. The topological polar surface area (TPSA) is 35.5 Å². The third kappa shape index (κ3) is 4.52. The third-order valence-corrected chi connectivity index (χ3v) is 4.42. The largest absolute Gasteiger partial charge is 0.393 e. The average Bonchev–Trinajstić information content (AvgIpc) is 2.74. The van der Waals surface area contributed by atoms with E-state index in [0.717, 1.165) is 25.3 Å². The van der Waals surface area contributed by atoms with E-state index in [1.807, 2.05) is 0 Å². The molecule has 3 nitrogen and oxygen atoms in total. The highest BCUT2D eigenvalue weighted by Crippen LogP contribution is 2.25. The van der Waals surface area contributed by atoms with Gasteiger partial charge in [0.25, 0.3) is 0 Å². The molecule has 3 heteroatoms. The molecule has 1 saturated heterocycles. The molecule has 106 valence electrons. The summed E-state index contributed by atoms with van der Waals surface area (Å²) in [7, 11) is 0. The highest BCUT2D eigenvalue weighted by Gasteiger charge is 2.24. The van der Waals surface area contributed by atoms with Crippen molar-refractivity contribution in [1.29, 1.82) is 0 Å². The fourth-order valence-corrected chi connectivity index (χ4v) is 3.40. The van der Waals surface area contributed by atoms with Gasteiger partial charge < -0.3 is 15.3 Å². The molecule has 0 radical (unpaired) electrons. The number of hydrogen-bond acceptors (Lipinski definition) is 3. The molecule has 2 atom stereocenters. The van der Waals surface area contributed by atoms with Gasteiger partial charge in [-0.25, -0.2) is 0 Å². The summed E-state index contributed by atoms with van der Waals surface area (Å²) >= 11 is 0. The van der Waals surface area contributed by atoms with E-state index in [4.69, 9.17) is 0 Å². The van der Waals surface area contributed by atoms with Gasteiger partial charge in [-0.3, -0.25) is 0 Å². The Balaban J connectivity index is 1.59. The lowest BCUT2D eigenvalue weighted by atomic mass is 10.0. The first-order valence-electron chi connectivity index (χ1n) is 7.77. The lowest BCUT2D eigenvalue weighted by molar-refractivity contribution is 0.169. The minimum absolute atomic E-state index is 0.0234. The van der Waals surface area contributed by atoms with E-state index in [2.05, 4.69) is 24.1 Å². The molecule has 1 aliphatic carbocycles. The summed E-state index contributed by atoms with van der Waals surface area (Å²) in [5, 5.41) is 13.2. The zero-order valence-corrected chi connectivity index (χ0v) is 12.1. The molecular weight excluding hydrogens is 224 g/mol. The van der Waals surface area contributed by atoms with Gasteiger partial charge in [0.1, 0.15) is 0 Å². The van der Waals surface area contributed by atoms with Gasteiger partial charge in [0.15, 0.2) is 0 Å². The predicted molar refractivity (Wildman–Crippen MR) is 75.7 cm³/mol. The van der Waals surface area contributed by atoms with Crippen LogP contribution in [0.2, 0.25) is 0 Å². The van der Waals surface area contributed by atoms with Crippen LogP contribution in [0, 0.1) is 11.8 Å². The van der Waals surface area contributed by atoms with Crippen molar-refractivity contribution in [2.45, 2.75) is 58.1 Å². The van der Waals surface area contributed by atoms with E-state index in [9.17, 15) is 5.11 Å². The normalized spacial score (nSPS) is 31.3. The molecule has 2 fully saturated rings. The van der Waals surface area contributed by atoms with Gasteiger partial charge in [-0.2, -0.15) is 0 Å². The fraction of sp³-hybridized carbons (Fsp3) is 1.00. The van der Waals surface area contributed by atoms with Crippen molar-refractivity contribution in [2.24, 2.45) is 11.8 Å². The van der Waals surface area contributed by atoms with E-state index in [1.54, 1.807) is 0 Å². The monoisotopic (exact) mass is 254 g/mol. The zero-order chi connectivity index (χ0) is 13.0. The Bertz CT molecular complexity index is 237. The summed E-state index contributed by atoms with van der Waals surface area (Å²) in [6.45, 7) is 9.48. The standard InChI is InChI=1S/C15H30N2O/c1-12(2)11-17-7-5-14(6-8-17)16-10-13-3-4-15(18)9-13/h12-16,18H,3-11H2,1-2H3. The van der Waals surface area contributed by atoms with Crippen molar-refractivity contribution in [3.63, 3.8) is 0 Å². The van der Waals surface area contributed by atoms with Crippen LogP contribution in [0.1, 0.15) is 46.0 Å². The van der Waals surface area contributed by atoms with Gasteiger partial charge in [0.2, 0.25) is 0 Å². The average molecular weight is 254 g/mol. The van der Waals surface area contributed by atoms with Gasteiger partial charge in [0, 0.05) is 12.6 Å². The van der Waals surface area contributed by atoms with Gasteiger partial charge in [-0.15, -0.1) is 0 Å². The fourth-order valence-electron chi connectivity index (χ4n) is 3.40. The summed E-state index contributed by atoms with van der Waals surface area (Å²) < 4.78 is 0. The van der Waals surface area contributed by atoms with E-state index in [-0.39, 0.29) is 6.10 Å². The molecule has 0 bridgehead atoms. The molecule has 0 aromatic rings. The molecule has 1 aliphatic heterocycles. The van der Waals surface area contributed by atoms with Crippen molar-refractivity contribution < 1.29 is 5.11 Å². The first kappa shape index (κ1) is 14.3. The molecule has 0 spiro atoms. The second-order valence-corrected chi connectivity index (χ2v) is 6.71. The Kier molecular flexibility index (Phi) is 5.46. The number of nitrogens with one attached hydrogen (secondary N) is 1. The maximum absolute atomic E-state index is 9.52. The van der Waals surface area contributed by atoms with E-state index >= 15 is 0 Å². The molecule has 1 saturated carbocycles. The van der Waals surface area contributed by atoms with Crippen LogP contribution in [0.3, 0.4) is 0 Å². The number of likely N-dealkylation sites (tertiary alicyclic amines) is 1. The van der Waals surface area contributed by atoms with E-state index in [1.165, 1.54) is 38.9 Å². The second kappa shape index (κ2) is 6.88. The second-order valence-electron chi connectivity index (χ2n) is 6.71. The molecule has 2 unspecified atom stereocenters. The minimum atomic E-state index is -0.0234. The minimum Gasteiger partial charge on any atom is -0.393 e. The Morgan fingerprint density at radius 2 is 1.89 bits per heavy atom. The number of aliphatic hydroxyl groups excluding tert-OH is 1. The lowest BCUT2D eigenvalue weighted by Crippen LogP contribution is -2.44. The summed E-state index contributed by atoms with van der Waals surface area (Å²) in [5.74, 6) is 1.50. The van der Waals surface area contributed by atoms with Crippen LogP contribution in [-0.4, -0.2) is 48.3 Å². The van der Waals surface area contributed by atoms with Gasteiger partial charge in [0.05, 0.1) is 6.10 Å². The Hall–Kier alpha value is -0.120. The van der Waals surface area contributed by atoms with Crippen LogP contribution >= 0.6 is 0 Å². The Morgan fingerprint density at radius 1 is 1.17 bits per heavy atom. The third-order valence-electron chi connectivity index (χ3n) is 4.42. The maximum Gasteiger partial charge on any atom is 0.0543 e. The summed E-state index contributed by atoms with van der Waals surface area (Å²) in [6.07, 6.45) is 5.80. The Labute approximate surface area is 112 Å². The summed E-state index contributed by atoms with van der Waals surface area (Å²) in [5.41, 5.74) is 0. The van der Waals surface area contributed by atoms with Crippen molar-refractivity contribution in [3.05, 3.63) is 0 Å². The number of nitrogens with zero attached hydrogens (tertiary/aromatic N) is 1. The van der Waals surface area contributed by atoms with Crippen LogP contribution < -0.4 is 5.32 Å². The van der Waals surface area contributed by atoms with Gasteiger partial charge >= 0.3 is 0 Å². The summed E-state index contributed by atoms with van der Waals surface area (Å²) in [6, 6.07) is 0.714. The maximum atomic E-state index is 9.52. The molecule has 18 heavy (non-hydrogen) atoms. The van der Waals surface area contributed by atoms with Crippen LogP contribution in [0.15, 0.2) is 0 Å². The summed E-state index contributed by atoms with van der Waals surface area (Å²) in [4.78, 5) is 2.60. The highest BCUT2D eigenvalue weighted by atomic mass is 16.3. The van der Waals surface area contributed by atoms with E-state index < -0.39 is 0 Å². The predicted octanol–water partition coefficient (Wildman–Crippen LogP) is 1.86.